The highest BCUT2D eigenvalue weighted by molar-refractivity contribution is 6.01. The minimum Gasteiger partial charge on any atom is -0.457 e. The predicted octanol–water partition coefficient (Wildman–Crippen LogP) is 5.92. The molecule has 1 amide bonds. The van der Waals surface area contributed by atoms with E-state index in [0.717, 1.165) is 23.2 Å². The third-order valence-electron chi connectivity index (χ3n) is 6.66. The maximum atomic E-state index is 12.0. The first-order valence-corrected chi connectivity index (χ1v) is 13.1. The van der Waals surface area contributed by atoms with E-state index in [0.29, 0.717) is 59.2 Å². The zero-order valence-electron chi connectivity index (χ0n) is 23.5. The number of aromatic nitrogens is 2. The quantitative estimate of drug-likeness (QED) is 0.198. The van der Waals surface area contributed by atoms with Crippen LogP contribution in [-0.4, -0.2) is 38.7 Å². The number of nitrogens with two attached hydrogens (primary N) is 1. The summed E-state index contributed by atoms with van der Waals surface area (Å²) < 4.78 is 6.24. The number of aryl methyl sites for hydroxylation is 1. The Kier molecular flexibility index (Phi) is 9.95. The van der Waals surface area contributed by atoms with Gasteiger partial charge >= 0.3 is 0 Å². The lowest BCUT2D eigenvalue weighted by Gasteiger charge is -2.23. The van der Waals surface area contributed by atoms with E-state index >= 15 is 0 Å². The van der Waals surface area contributed by atoms with Crippen molar-refractivity contribution in [1.29, 1.82) is 5.41 Å². The van der Waals surface area contributed by atoms with Crippen molar-refractivity contribution < 1.29 is 14.6 Å². The van der Waals surface area contributed by atoms with E-state index in [9.17, 15) is 9.90 Å². The van der Waals surface area contributed by atoms with Crippen molar-refractivity contribution in [2.45, 2.75) is 65.8 Å². The largest absolute Gasteiger partial charge is 0.457 e. The molecule has 0 radical (unpaired) electrons. The summed E-state index contributed by atoms with van der Waals surface area (Å²) in [4.78, 5) is 21.9. The smallest absolute Gasteiger partial charge is 0.214 e. The molecule has 0 saturated heterocycles. The minimum atomic E-state index is -0.0756. The number of aliphatic hydroxyl groups excluding tert-OH is 1. The molecule has 206 valence electrons. The topological polar surface area (TPSA) is 125 Å². The number of hydrogen-bond acceptors (Lipinski definition) is 7. The van der Waals surface area contributed by atoms with Crippen molar-refractivity contribution in [1.82, 2.24) is 14.9 Å². The van der Waals surface area contributed by atoms with Gasteiger partial charge < -0.3 is 25.9 Å². The maximum Gasteiger partial charge on any atom is 0.214 e. The number of carbonyl (C=O) groups excluding carboxylic acids is 1. The molecule has 2 aromatic carbocycles. The van der Waals surface area contributed by atoms with Crippen LogP contribution >= 0.6 is 0 Å². The molecule has 39 heavy (non-hydrogen) atoms. The number of benzene rings is 2. The molecule has 8 nitrogen and oxygen atoms in total. The van der Waals surface area contributed by atoms with Gasteiger partial charge in [0.15, 0.2) is 0 Å². The molecule has 0 atom stereocenters. The van der Waals surface area contributed by atoms with E-state index in [1.165, 1.54) is 0 Å². The van der Waals surface area contributed by atoms with Crippen LogP contribution in [0.4, 0.5) is 5.82 Å². The fourth-order valence-electron chi connectivity index (χ4n) is 4.23. The average molecular weight is 530 g/mol. The number of allylic oxidation sites excluding steroid dienone is 1. The summed E-state index contributed by atoms with van der Waals surface area (Å²) >= 11 is 0. The Morgan fingerprint density at radius 3 is 2.46 bits per heavy atom. The Balaban J connectivity index is 1.85. The summed E-state index contributed by atoms with van der Waals surface area (Å²) in [5, 5.41) is 18.7. The highest BCUT2D eigenvalue weighted by Crippen LogP contribution is 2.33. The summed E-state index contributed by atoms with van der Waals surface area (Å²) in [7, 11) is 0. The summed E-state index contributed by atoms with van der Waals surface area (Å²) in [6.07, 6.45) is 3.67. The number of para-hydroxylation sites is 1. The van der Waals surface area contributed by atoms with E-state index < -0.39 is 0 Å². The average Bonchev–Trinajstić information content (AvgIpc) is 2.90. The van der Waals surface area contributed by atoms with Crippen molar-refractivity contribution in [3.8, 4) is 11.5 Å². The van der Waals surface area contributed by atoms with Crippen LogP contribution < -0.4 is 10.5 Å². The lowest BCUT2D eigenvalue weighted by atomic mass is 9.85. The molecule has 0 fully saturated rings. The Bertz CT molecular complexity index is 1330. The Hall–Kier alpha value is -4.04. The second-order valence-corrected chi connectivity index (χ2v) is 10.6. The second kappa shape index (κ2) is 13.2. The normalized spacial score (nSPS) is 12.1. The van der Waals surface area contributed by atoms with Crippen LogP contribution in [0.15, 0.2) is 66.0 Å². The minimum absolute atomic E-state index is 0.0644. The Morgan fingerprint density at radius 2 is 1.85 bits per heavy atom. The fraction of sp³-hybridized carbons (Fsp3) is 0.355. The molecule has 3 rings (SSSR count). The SMILES string of the molecule is C/C(=C(\CCO)CCC(=N)c1ccc(C(C)(C)C)cc1Oc1ccccc1)N(C=O)Cc1cnc(C)nc1N. The molecule has 1 heterocycles. The van der Waals surface area contributed by atoms with Gasteiger partial charge in [-0.1, -0.05) is 45.0 Å². The van der Waals surface area contributed by atoms with Crippen molar-refractivity contribution in [3.63, 3.8) is 0 Å². The molecule has 4 N–H and O–H groups in total. The molecular weight excluding hydrogens is 490 g/mol. The third kappa shape index (κ3) is 7.97. The lowest BCUT2D eigenvalue weighted by Crippen LogP contribution is -2.22. The number of rotatable bonds is 12. The summed E-state index contributed by atoms with van der Waals surface area (Å²) in [5.41, 5.74) is 10.5. The molecule has 0 bridgehead atoms. The van der Waals surface area contributed by atoms with E-state index in [1.54, 1.807) is 18.0 Å². The molecule has 0 spiro atoms. The Labute approximate surface area is 231 Å². The van der Waals surface area contributed by atoms with Crippen LogP contribution in [0.2, 0.25) is 0 Å². The molecule has 0 unspecified atom stereocenters. The number of aliphatic hydroxyl groups is 1. The van der Waals surface area contributed by atoms with E-state index in [2.05, 4.69) is 30.7 Å². The van der Waals surface area contributed by atoms with Gasteiger partial charge in [-0.3, -0.25) is 4.79 Å². The first-order valence-electron chi connectivity index (χ1n) is 13.1. The lowest BCUT2D eigenvalue weighted by molar-refractivity contribution is -0.117. The van der Waals surface area contributed by atoms with Crippen molar-refractivity contribution >= 4 is 17.9 Å². The van der Waals surface area contributed by atoms with Gasteiger partial charge in [0.05, 0.1) is 6.54 Å². The monoisotopic (exact) mass is 529 g/mol. The first kappa shape index (κ1) is 29.5. The molecule has 0 aliphatic carbocycles. The van der Waals surface area contributed by atoms with Gasteiger partial charge in [-0.25, -0.2) is 9.97 Å². The number of nitrogen functional groups attached to an aromatic ring is 1. The van der Waals surface area contributed by atoms with E-state index in [-0.39, 0.29) is 18.6 Å². The van der Waals surface area contributed by atoms with E-state index in [4.69, 9.17) is 15.9 Å². The number of carbonyl (C=O) groups is 1. The number of hydrogen-bond donors (Lipinski definition) is 3. The van der Waals surface area contributed by atoms with Crippen LogP contribution in [0.3, 0.4) is 0 Å². The molecule has 0 saturated carbocycles. The molecule has 1 aromatic heterocycles. The summed E-state index contributed by atoms with van der Waals surface area (Å²) in [6.45, 7) is 10.2. The van der Waals surface area contributed by atoms with Gasteiger partial charge in [-0.05, 0) is 73.9 Å². The Morgan fingerprint density at radius 1 is 1.13 bits per heavy atom. The number of ether oxygens (including phenoxy) is 1. The van der Waals surface area contributed by atoms with Crippen molar-refractivity contribution in [2.24, 2.45) is 0 Å². The third-order valence-corrected chi connectivity index (χ3v) is 6.66. The maximum absolute atomic E-state index is 12.0. The molecule has 0 aliphatic heterocycles. The first-order chi connectivity index (χ1) is 18.5. The number of amides is 1. The van der Waals surface area contributed by atoms with Crippen LogP contribution in [0, 0.1) is 12.3 Å². The van der Waals surface area contributed by atoms with Gasteiger partial charge in [-0.15, -0.1) is 0 Å². The van der Waals surface area contributed by atoms with Crippen LogP contribution in [0.25, 0.3) is 0 Å². The second-order valence-electron chi connectivity index (χ2n) is 10.6. The van der Waals surface area contributed by atoms with Crippen LogP contribution in [0.1, 0.15) is 69.5 Å². The number of nitrogens with zero attached hydrogens (tertiary/aromatic N) is 3. The molecule has 0 aliphatic rings. The van der Waals surface area contributed by atoms with E-state index in [1.807, 2.05) is 55.5 Å². The summed E-state index contributed by atoms with van der Waals surface area (Å²) in [6, 6.07) is 15.5. The number of anilines is 1. The fourth-order valence-corrected chi connectivity index (χ4v) is 4.23. The van der Waals surface area contributed by atoms with Gasteiger partial charge in [0.25, 0.3) is 0 Å². The van der Waals surface area contributed by atoms with Crippen LogP contribution in [-0.2, 0) is 16.8 Å². The van der Waals surface area contributed by atoms with Crippen molar-refractivity contribution in [3.05, 3.63) is 88.5 Å². The zero-order chi connectivity index (χ0) is 28.6. The van der Waals surface area contributed by atoms with Gasteiger partial charge in [0, 0.05) is 35.3 Å². The van der Waals surface area contributed by atoms with Gasteiger partial charge in [-0.2, -0.15) is 0 Å². The standard InChI is InChI=1S/C31H39N5O3/c1-21(36(20-38)19-24-18-34-22(2)35-30(24)33)23(15-16-37)11-14-28(32)27-13-12-25(31(3,4)5)17-29(27)39-26-9-7-6-8-10-26/h6-10,12-13,17-18,20,32,37H,11,14-16,19H2,1-5H3,(H2,33,34,35)/b23-21+,32-28?. The van der Waals surface area contributed by atoms with Crippen LogP contribution in [0.5, 0.6) is 11.5 Å². The van der Waals surface area contributed by atoms with Crippen molar-refractivity contribution in [2.75, 3.05) is 12.3 Å². The summed E-state index contributed by atoms with van der Waals surface area (Å²) in [5.74, 6) is 2.23. The van der Waals surface area contributed by atoms with Gasteiger partial charge in [0.2, 0.25) is 6.41 Å². The predicted molar refractivity (Wildman–Crippen MR) is 155 cm³/mol. The molecule has 8 heteroatoms. The highest BCUT2D eigenvalue weighted by Gasteiger charge is 2.19. The molecular formula is C31H39N5O3. The molecule has 3 aromatic rings. The zero-order valence-corrected chi connectivity index (χ0v) is 23.5. The highest BCUT2D eigenvalue weighted by atomic mass is 16.5. The van der Waals surface area contributed by atoms with Gasteiger partial charge in [0.1, 0.15) is 23.1 Å². The number of nitrogens with one attached hydrogen (secondary N) is 1.